The minimum absolute atomic E-state index is 0.0296. The van der Waals surface area contributed by atoms with Crippen LogP contribution >= 0.6 is 0 Å². The predicted molar refractivity (Wildman–Crippen MR) is 81.7 cm³/mol. The number of nitrogens with one attached hydrogen (secondary N) is 2. The Bertz CT molecular complexity index is 846. The normalized spacial score (nSPS) is 18.0. The minimum atomic E-state index is -3.95. The second kappa shape index (κ2) is 6.23. The van der Waals surface area contributed by atoms with E-state index in [9.17, 15) is 13.2 Å². The van der Waals surface area contributed by atoms with E-state index in [0.717, 1.165) is 4.31 Å². The van der Waals surface area contributed by atoms with Gasteiger partial charge in [0.25, 0.3) is 5.91 Å². The Balaban J connectivity index is 2.01. The Morgan fingerprint density at radius 3 is 2.75 bits per heavy atom. The lowest BCUT2D eigenvalue weighted by Crippen LogP contribution is -2.51. The number of carbonyl (C=O) groups is 1. The van der Waals surface area contributed by atoms with Gasteiger partial charge in [-0.15, -0.1) is 0 Å². The molecule has 0 saturated heterocycles. The largest absolute Gasteiger partial charge is 0.497 e. The van der Waals surface area contributed by atoms with Gasteiger partial charge in [-0.2, -0.15) is 4.31 Å². The van der Waals surface area contributed by atoms with Gasteiger partial charge in [-0.25, -0.2) is 18.9 Å². The van der Waals surface area contributed by atoms with Crippen LogP contribution in [0.15, 0.2) is 35.5 Å². The Morgan fingerprint density at radius 1 is 1.42 bits per heavy atom. The standard InChI is InChI=1S/C14H16N4O5S/c1-23-9-2-4-10(5-3-9)24(21,22)18-7-12-11(15-8-16-12)6-13(18)14(19)17-20/h2-5,8,13,20H,6-7H2,1H3,(H,15,16)(H,17,19)/t13-/m1/s1. The Hall–Kier alpha value is -2.43. The number of benzene rings is 1. The van der Waals surface area contributed by atoms with Crippen LogP contribution in [0.1, 0.15) is 11.4 Å². The zero-order valence-corrected chi connectivity index (χ0v) is 13.6. The van der Waals surface area contributed by atoms with Crippen LogP contribution in [0.25, 0.3) is 0 Å². The van der Waals surface area contributed by atoms with Crippen LogP contribution in [0, 0.1) is 0 Å². The van der Waals surface area contributed by atoms with E-state index in [1.165, 1.54) is 43.2 Å². The van der Waals surface area contributed by atoms with Gasteiger partial charge in [-0.1, -0.05) is 0 Å². The fourth-order valence-corrected chi connectivity index (χ4v) is 4.20. The third-order valence-corrected chi connectivity index (χ3v) is 5.80. The van der Waals surface area contributed by atoms with E-state index in [1.807, 2.05) is 0 Å². The smallest absolute Gasteiger partial charge is 0.262 e. The fraction of sp³-hybridized carbons (Fsp3) is 0.286. The van der Waals surface area contributed by atoms with Crippen molar-refractivity contribution in [3.8, 4) is 5.75 Å². The molecule has 1 atom stereocenters. The molecule has 10 heteroatoms. The van der Waals surface area contributed by atoms with E-state index in [-0.39, 0.29) is 17.9 Å². The number of amides is 1. The summed E-state index contributed by atoms with van der Waals surface area (Å²) in [7, 11) is -2.47. The Kier molecular flexibility index (Phi) is 4.26. The topological polar surface area (TPSA) is 125 Å². The van der Waals surface area contributed by atoms with Crippen molar-refractivity contribution in [1.82, 2.24) is 19.8 Å². The average molecular weight is 352 g/mol. The quantitative estimate of drug-likeness (QED) is 0.527. The lowest BCUT2D eigenvalue weighted by molar-refractivity contribution is -0.133. The van der Waals surface area contributed by atoms with Gasteiger partial charge >= 0.3 is 0 Å². The van der Waals surface area contributed by atoms with Crippen molar-refractivity contribution in [2.45, 2.75) is 23.9 Å². The van der Waals surface area contributed by atoms with Crippen molar-refractivity contribution >= 4 is 15.9 Å². The highest BCUT2D eigenvalue weighted by molar-refractivity contribution is 7.89. The summed E-state index contributed by atoms with van der Waals surface area (Å²) in [6, 6.07) is 4.78. The maximum absolute atomic E-state index is 12.9. The van der Waals surface area contributed by atoms with Crippen molar-refractivity contribution < 1.29 is 23.2 Å². The van der Waals surface area contributed by atoms with Crippen LogP contribution in [0.4, 0.5) is 0 Å². The molecule has 1 aliphatic heterocycles. The van der Waals surface area contributed by atoms with Crippen LogP contribution in [0.5, 0.6) is 5.75 Å². The van der Waals surface area contributed by atoms with Crippen molar-refractivity contribution in [3.05, 3.63) is 42.0 Å². The number of hydroxylamine groups is 1. The molecule has 1 aromatic heterocycles. The number of imidazole rings is 1. The van der Waals surface area contributed by atoms with E-state index >= 15 is 0 Å². The van der Waals surface area contributed by atoms with Gasteiger partial charge in [0, 0.05) is 6.42 Å². The van der Waals surface area contributed by atoms with Crippen LogP contribution in [-0.2, 0) is 27.8 Å². The molecule has 1 aromatic carbocycles. The number of H-pyrrole nitrogens is 1. The molecular formula is C14H16N4O5S. The molecule has 128 valence electrons. The molecule has 0 radical (unpaired) electrons. The zero-order chi connectivity index (χ0) is 17.3. The molecule has 9 nitrogen and oxygen atoms in total. The number of fused-ring (bicyclic) bond motifs is 1. The van der Waals surface area contributed by atoms with Gasteiger partial charge in [-0.3, -0.25) is 10.0 Å². The predicted octanol–water partition coefficient (Wildman–Crippen LogP) is 0.0393. The first-order valence-electron chi connectivity index (χ1n) is 7.08. The van der Waals surface area contributed by atoms with Crippen LogP contribution in [0.2, 0.25) is 0 Å². The summed E-state index contributed by atoms with van der Waals surface area (Å²) < 4.78 is 31.9. The maximum atomic E-state index is 12.9. The minimum Gasteiger partial charge on any atom is -0.497 e. The van der Waals surface area contributed by atoms with Gasteiger partial charge in [0.2, 0.25) is 10.0 Å². The molecule has 0 aliphatic carbocycles. The highest BCUT2D eigenvalue weighted by Gasteiger charge is 2.40. The number of carbonyl (C=O) groups excluding carboxylic acids is 1. The van der Waals surface area contributed by atoms with E-state index < -0.39 is 22.0 Å². The molecule has 0 spiro atoms. The first-order chi connectivity index (χ1) is 11.5. The Labute approximate surface area is 138 Å². The monoisotopic (exact) mass is 352 g/mol. The van der Waals surface area contributed by atoms with Gasteiger partial charge in [0.05, 0.1) is 36.3 Å². The van der Waals surface area contributed by atoms with Crippen LogP contribution in [0.3, 0.4) is 0 Å². The summed E-state index contributed by atoms with van der Waals surface area (Å²) >= 11 is 0. The molecule has 0 bridgehead atoms. The first-order valence-corrected chi connectivity index (χ1v) is 8.52. The number of hydrogen-bond acceptors (Lipinski definition) is 6. The molecule has 0 unspecified atom stereocenters. The van der Waals surface area contributed by atoms with Crippen LogP contribution < -0.4 is 10.2 Å². The second-order valence-corrected chi connectivity index (χ2v) is 7.14. The van der Waals surface area contributed by atoms with Gasteiger partial charge in [-0.05, 0) is 24.3 Å². The third-order valence-electron chi connectivity index (χ3n) is 3.93. The molecule has 3 N–H and O–H groups in total. The maximum Gasteiger partial charge on any atom is 0.262 e. The second-order valence-electron chi connectivity index (χ2n) is 5.25. The van der Waals surface area contributed by atoms with E-state index in [1.54, 1.807) is 0 Å². The number of ether oxygens (including phenoxy) is 1. The number of aromatic amines is 1. The molecule has 2 heterocycles. The first kappa shape index (κ1) is 16.4. The number of sulfonamides is 1. The third kappa shape index (κ3) is 2.75. The van der Waals surface area contributed by atoms with Crippen molar-refractivity contribution in [1.29, 1.82) is 0 Å². The highest BCUT2D eigenvalue weighted by atomic mass is 32.2. The number of rotatable bonds is 4. The van der Waals surface area contributed by atoms with Crippen molar-refractivity contribution in [2.24, 2.45) is 0 Å². The van der Waals surface area contributed by atoms with Gasteiger partial charge < -0.3 is 9.72 Å². The SMILES string of the molecule is COc1ccc(S(=O)(=O)N2Cc3[nH]cnc3C[C@@H]2C(=O)NO)cc1. The Morgan fingerprint density at radius 2 is 2.12 bits per heavy atom. The van der Waals surface area contributed by atoms with E-state index in [0.29, 0.717) is 17.1 Å². The summed E-state index contributed by atoms with van der Waals surface area (Å²) in [6.07, 6.45) is 1.52. The summed E-state index contributed by atoms with van der Waals surface area (Å²) in [6.45, 7) is -0.0399. The highest BCUT2D eigenvalue weighted by Crippen LogP contribution is 2.28. The number of nitrogens with zero attached hydrogens (tertiary/aromatic N) is 2. The molecule has 0 saturated carbocycles. The summed E-state index contributed by atoms with van der Waals surface area (Å²) in [5.41, 5.74) is 2.75. The van der Waals surface area contributed by atoms with Crippen molar-refractivity contribution in [2.75, 3.05) is 7.11 Å². The van der Waals surface area contributed by atoms with Gasteiger partial charge in [0.15, 0.2) is 0 Å². The average Bonchev–Trinajstić information content (AvgIpc) is 3.07. The molecular weight excluding hydrogens is 336 g/mol. The lowest BCUT2D eigenvalue weighted by Gasteiger charge is -2.32. The number of aromatic nitrogens is 2. The fourth-order valence-electron chi connectivity index (χ4n) is 2.65. The van der Waals surface area contributed by atoms with Gasteiger partial charge in [0.1, 0.15) is 11.8 Å². The molecule has 2 aromatic rings. The van der Waals surface area contributed by atoms with E-state index in [4.69, 9.17) is 9.94 Å². The van der Waals surface area contributed by atoms with E-state index in [2.05, 4.69) is 9.97 Å². The molecule has 0 fully saturated rings. The van der Waals surface area contributed by atoms with Crippen LogP contribution in [-0.4, -0.2) is 47.0 Å². The zero-order valence-electron chi connectivity index (χ0n) is 12.8. The lowest BCUT2D eigenvalue weighted by atomic mass is 10.1. The number of hydrogen-bond donors (Lipinski definition) is 3. The molecule has 1 aliphatic rings. The summed E-state index contributed by atoms with van der Waals surface area (Å²) in [5.74, 6) is -0.283. The summed E-state index contributed by atoms with van der Waals surface area (Å²) in [4.78, 5) is 18.9. The summed E-state index contributed by atoms with van der Waals surface area (Å²) in [5, 5.41) is 8.94. The number of methoxy groups -OCH3 is 1. The molecule has 24 heavy (non-hydrogen) atoms. The molecule has 1 amide bonds. The molecule has 3 rings (SSSR count). The van der Waals surface area contributed by atoms with Crippen molar-refractivity contribution in [3.63, 3.8) is 0 Å².